The Morgan fingerprint density at radius 1 is 1.58 bits per heavy atom. The number of carbonyl (C=O) groups excluding carboxylic acids is 2. The molecule has 3 N–H and O–H groups in total. The molecule has 0 bridgehead atoms. The SMILES string of the molecule is NC(=O)C(=O)C1=CCC=CN1O. The lowest BCUT2D eigenvalue weighted by Crippen LogP contribution is -2.31. The van der Waals surface area contributed by atoms with Gasteiger partial charge in [0.05, 0.1) is 0 Å². The molecule has 0 fully saturated rings. The van der Waals surface area contributed by atoms with E-state index in [9.17, 15) is 9.59 Å². The highest BCUT2D eigenvalue weighted by molar-refractivity contribution is 6.41. The number of nitrogens with zero attached hydrogens (tertiary/aromatic N) is 1. The van der Waals surface area contributed by atoms with Gasteiger partial charge in [0.25, 0.3) is 11.7 Å². The zero-order valence-electron chi connectivity index (χ0n) is 6.23. The predicted molar refractivity (Wildman–Crippen MR) is 39.7 cm³/mol. The van der Waals surface area contributed by atoms with E-state index in [4.69, 9.17) is 10.9 Å². The van der Waals surface area contributed by atoms with E-state index >= 15 is 0 Å². The lowest BCUT2D eigenvalue weighted by molar-refractivity contribution is -0.137. The monoisotopic (exact) mass is 168 g/mol. The minimum Gasteiger partial charge on any atom is -0.363 e. The Balaban J connectivity index is 2.82. The first kappa shape index (κ1) is 8.48. The van der Waals surface area contributed by atoms with Gasteiger partial charge in [0.15, 0.2) is 0 Å². The van der Waals surface area contributed by atoms with Crippen LogP contribution < -0.4 is 5.73 Å². The van der Waals surface area contributed by atoms with Crippen molar-refractivity contribution in [1.29, 1.82) is 0 Å². The molecular weight excluding hydrogens is 160 g/mol. The smallest absolute Gasteiger partial charge is 0.291 e. The van der Waals surface area contributed by atoms with Gasteiger partial charge in [-0.15, -0.1) is 0 Å². The predicted octanol–water partition coefficient (Wildman–Crippen LogP) is -0.467. The minimum absolute atomic E-state index is 0.0926. The second-order valence-corrected chi connectivity index (χ2v) is 2.25. The standard InChI is InChI=1S/C7H8N2O3/c8-7(11)6(10)5-3-1-2-4-9(5)12/h2-4,12H,1H2,(H2,8,11). The molecule has 5 nitrogen and oxygen atoms in total. The third-order valence-electron chi connectivity index (χ3n) is 1.40. The average molecular weight is 168 g/mol. The fraction of sp³-hybridized carbons (Fsp3) is 0.143. The maximum absolute atomic E-state index is 10.9. The van der Waals surface area contributed by atoms with Crippen molar-refractivity contribution in [1.82, 2.24) is 5.06 Å². The van der Waals surface area contributed by atoms with Crippen molar-refractivity contribution in [3.8, 4) is 0 Å². The molecule has 0 aliphatic carbocycles. The first-order chi connectivity index (χ1) is 5.63. The van der Waals surface area contributed by atoms with Gasteiger partial charge in [-0.25, -0.2) is 5.06 Å². The van der Waals surface area contributed by atoms with E-state index in [0.29, 0.717) is 11.5 Å². The Morgan fingerprint density at radius 3 is 2.75 bits per heavy atom. The van der Waals surface area contributed by atoms with Crippen molar-refractivity contribution < 1.29 is 14.8 Å². The van der Waals surface area contributed by atoms with Crippen molar-refractivity contribution in [3.05, 3.63) is 24.0 Å². The number of hydrogen-bond donors (Lipinski definition) is 2. The number of carbonyl (C=O) groups is 2. The normalized spacial score (nSPS) is 15.8. The maximum atomic E-state index is 10.9. The first-order valence-corrected chi connectivity index (χ1v) is 3.32. The van der Waals surface area contributed by atoms with Gasteiger partial charge in [-0.1, -0.05) is 12.2 Å². The summed E-state index contributed by atoms with van der Waals surface area (Å²) in [4.78, 5) is 21.3. The summed E-state index contributed by atoms with van der Waals surface area (Å²) in [5.41, 5.74) is 4.65. The Labute approximate surface area is 68.7 Å². The number of primary amides is 1. The zero-order chi connectivity index (χ0) is 9.14. The van der Waals surface area contributed by atoms with Crippen LogP contribution in [0, 0.1) is 0 Å². The summed E-state index contributed by atoms with van der Waals surface area (Å²) in [7, 11) is 0. The first-order valence-electron chi connectivity index (χ1n) is 3.32. The van der Waals surface area contributed by atoms with Crippen LogP contribution >= 0.6 is 0 Å². The molecule has 1 aliphatic heterocycles. The van der Waals surface area contributed by atoms with Gasteiger partial charge in [-0.05, 0) is 6.42 Å². The summed E-state index contributed by atoms with van der Waals surface area (Å²) in [6.45, 7) is 0. The van der Waals surface area contributed by atoms with E-state index in [1.165, 1.54) is 12.3 Å². The fourth-order valence-electron chi connectivity index (χ4n) is 0.837. The van der Waals surface area contributed by atoms with Crippen molar-refractivity contribution in [3.63, 3.8) is 0 Å². The molecule has 5 heteroatoms. The Kier molecular flexibility index (Phi) is 2.25. The van der Waals surface area contributed by atoms with Gasteiger partial charge in [0.2, 0.25) is 0 Å². The number of amides is 1. The van der Waals surface area contributed by atoms with Crippen molar-refractivity contribution in [2.75, 3.05) is 0 Å². The van der Waals surface area contributed by atoms with E-state index in [1.54, 1.807) is 6.08 Å². The highest BCUT2D eigenvalue weighted by Crippen LogP contribution is 2.10. The quantitative estimate of drug-likeness (QED) is 0.546. The fourth-order valence-corrected chi connectivity index (χ4v) is 0.837. The molecular formula is C7H8N2O3. The summed E-state index contributed by atoms with van der Waals surface area (Å²) in [5.74, 6) is -1.96. The van der Waals surface area contributed by atoms with Gasteiger partial charge in [-0.3, -0.25) is 14.8 Å². The molecule has 12 heavy (non-hydrogen) atoms. The topological polar surface area (TPSA) is 83.6 Å². The van der Waals surface area contributed by atoms with Crippen molar-refractivity contribution in [2.24, 2.45) is 5.73 Å². The van der Waals surface area contributed by atoms with E-state index in [0.717, 1.165) is 0 Å². The van der Waals surface area contributed by atoms with Crippen molar-refractivity contribution in [2.45, 2.75) is 6.42 Å². The third-order valence-corrected chi connectivity index (χ3v) is 1.40. The summed E-state index contributed by atoms with van der Waals surface area (Å²) in [6.07, 6.45) is 4.85. The minimum atomic E-state index is -1.07. The summed E-state index contributed by atoms with van der Waals surface area (Å²) < 4.78 is 0. The van der Waals surface area contributed by atoms with Gasteiger partial charge < -0.3 is 5.73 Å². The molecule has 0 unspecified atom stereocenters. The second-order valence-electron chi connectivity index (χ2n) is 2.25. The highest BCUT2D eigenvalue weighted by atomic mass is 16.5. The van der Waals surface area contributed by atoms with Crippen LogP contribution in [0.1, 0.15) is 6.42 Å². The molecule has 0 aromatic heterocycles. The number of rotatable bonds is 2. The second kappa shape index (κ2) is 3.19. The van der Waals surface area contributed by atoms with Crippen molar-refractivity contribution >= 4 is 11.7 Å². The molecule has 0 saturated heterocycles. The molecule has 64 valence electrons. The lowest BCUT2D eigenvalue weighted by atomic mass is 10.2. The number of ketones is 1. The molecule has 0 aromatic rings. The van der Waals surface area contributed by atoms with Gasteiger partial charge >= 0.3 is 0 Å². The number of Topliss-reactive ketones (excluding diaryl/α,β-unsaturated/α-hetero) is 1. The van der Waals surface area contributed by atoms with Crippen LogP contribution in [0.3, 0.4) is 0 Å². The Morgan fingerprint density at radius 2 is 2.25 bits per heavy atom. The number of hydrogen-bond acceptors (Lipinski definition) is 4. The number of allylic oxidation sites excluding steroid dienone is 2. The van der Waals surface area contributed by atoms with E-state index < -0.39 is 11.7 Å². The van der Waals surface area contributed by atoms with Gasteiger partial charge in [0, 0.05) is 6.20 Å². The Bertz CT molecular complexity index is 280. The molecule has 0 spiro atoms. The molecule has 1 rings (SSSR count). The largest absolute Gasteiger partial charge is 0.363 e. The molecule has 1 amide bonds. The molecule has 0 aromatic carbocycles. The van der Waals surface area contributed by atoms with Gasteiger partial charge in [-0.2, -0.15) is 0 Å². The number of nitrogens with two attached hydrogens (primary N) is 1. The van der Waals surface area contributed by atoms with Crippen LogP contribution in [0.2, 0.25) is 0 Å². The van der Waals surface area contributed by atoms with Crippen LogP contribution in [0.5, 0.6) is 0 Å². The summed E-state index contributed by atoms with van der Waals surface area (Å²) in [6, 6.07) is 0. The van der Waals surface area contributed by atoms with E-state index in [2.05, 4.69) is 0 Å². The molecule has 0 saturated carbocycles. The highest BCUT2D eigenvalue weighted by Gasteiger charge is 2.20. The molecule has 0 radical (unpaired) electrons. The number of hydroxylamine groups is 2. The molecule has 1 heterocycles. The van der Waals surface area contributed by atoms with E-state index in [1.807, 2.05) is 0 Å². The van der Waals surface area contributed by atoms with Crippen LogP contribution in [-0.4, -0.2) is 22.0 Å². The van der Waals surface area contributed by atoms with Crippen LogP contribution in [-0.2, 0) is 9.59 Å². The van der Waals surface area contributed by atoms with Gasteiger partial charge in [0.1, 0.15) is 5.70 Å². The lowest BCUT2D eigenvalue weighted by Gasteiger charge is -2.16. The zero-order valence-corrected chi connectivity index (χ0v) is 6.23. The third kappa shape index (κ3) is 1.51. The maximum Gasteiger partial charge on any atom is 0.291 e. The molecule has 1 aliphatic rings. The van der Waals surface area contributed by atoms with Crippen LogP contribution in [0.4, 0.5) is 0 Å². The molecule has 0 atom stereocenters. The average Bonchev–Trinajstić information content (AvgIpc) is 2.04. The summed E-state index contributed by atoms with van der Waals surface area (Å²) in [5, 5.41) is 9.62. The summed E-state index contributed by atoms with van der Waals surface area (Å²) >= 11 is 0. The van der Waals surface area contributed by atoms with E-state index in [-0.39, 0.29) is 5.70 Å². The Hall–Kier alpha value is -1.62. The van der Waals surface area contributed by atoms with Crippen LogP contribution in [0.25, 0.3) is 0 Å². The van der Waals surface area contributed by atoms with Crippen LogP contribution in [0.15, 0.2) is 24.0 Å².